The minimum Gasteiger partial charge on any atom is -0.494 e. The molecule has 0 aromatic heterocycles. The zero-order valence-electron chi connectivity index (χ0n) is 15.5. The van der Waals surface area contributed by atoms with Crippen LogP contribution in [-0.4, -0.2) is 26.2 Å². The highest BCUT2D eigenvalue weighted by molar-refractivity contribution is 6.37. The molecule has 1 N–H and O–H groups in total. The SMILES string of the molecule is COC(=O)c1cc(Cl)cc(Cl)c1NCCCCOc1ccc2ccccc2c1. The number of anilines is 1. The first kappa shape index (κ1) is 20.3. The summed E-state index contributed by atoms with van der Waals surface area (Å²) in [5, 5.41) is 6.33. The molecule has 3 rings (SSSR count). The molecule has 6 heteroatoms. The molecule has 28 heavy (non-hydrogen) atoms. The van der Waals surface area contributed by atoms with Gasteiger partial charge in [-0.2, -0.15) is 0 Å². The lowest BCUT2D eigenvalue weighted by Gasteiger charge is -2.13. The van der Waals surface area contributed by atoms with Crippen LogP contribution in [0.5, 0.6) is 5.75 Å². The van der Waals surface area contributed by atoms with Crippen LogP contribution < -0.4 is 10.1 Å². The summed E-state index contributed by atoms with van der Waals surface area (Å²) in [6.07, 6.45) is 1.71. The van der Waals surface area contributed by atoms with Crippen molar-refractivity contribution in [1.82, 2.24) is 0 Å². The maximum atomic E-state index is 11.9. The molecule has 0 unspecified atom stereocenters. The second kappa shape index (κ2) is 9.67. The van der Waals surface area contributed by atoms with Gasteiger partial charge in [-0.3, -0.25) is 0 Å². The van der Waals surface area contributed by atoms with Gasteiger partial charge in [0.2, 0.25) is 0 Å². The van der Waals surface area contributed by atoms with E-state index in [9.17, 15) is 4.79 Å². The van der Waals surface area contributed by atoms with Gasteiger partial charge in [0.05, 0.1) is 30.0 Å². The number of hydrogen-bond donors (Lipinski definition) is 1. The molecule has 0 radical (unpaired) electrons. The van der Waals surface area contributed by atoms with Crippen molar-refractivity contribution in [2.45, 2.75) is 12.8 Å². The van der Waals surface area contributed by atoms with Crippen LogP contribution in [0.4, 0.5) is 5.69 Å². The number of ether oxygens (including phenoxy) is 2. The highest BCUT2D eigenvalue weighted by Crippen LogP contribution is 2.30. The smallest absolute Gasteiger partial charge is 0.340 e. The molecular weight excluding hydrogens is 397 g/mol. The summed E-state index contributed by atoms with van der Waals surface area (Å²) in [4.78, 5) is 11.9. The van der Waals surface area contributed by atoms with Crippen LogP contribution in [0.3, 0.4) is 0 Å². The average molecular weight is 418 g/mol. The number of rotatable bonds is 8. The maximum Gasteiger partial charge on any atom is 0.340 e. The fraction of sp³-hybridized carbons (Fsp3) is 0.227. The van der Waals surface area contributed by atoms with E-state index < -0.39 is 5.97 Å². The lowest BCUT2D eigenvalue weighted by atomic mass is 10.1. The molecule has 0 saturated heterocycles. The third-order valence-electron chi connectivity index (χ3n) is 4.32. The Morgan fingerprint density at radius 2 is 1.79 bits per heavy atom. The highest BCUT2D eigenvalue weighted by Gasteiger charge is 2.16. The van der Waals surface area contributed by atoms with Crippen LogP contribution >= 0.6 is 23.2 Å². The van der Waals surface area contributed by atoms with Gasteiger partial charge in [-0.1, -0.05) is 53.5 Å². The van der Waals surface area contributed by atoms with Gasteiger partial charge in [0.15, 0.2) is 0 Å². The van der Waals surface area contributed by atoms with Crippen molar-refractivity contribution in [1.29, 1.82) is 0 Å². The third kappa shape index (κ3) is 5.09. The number of fused-ring (bicyclic) bond motifs is 1. The first-order valence-corrected chi connectivity index (χ1v) is 9.77. The summed E-state index contributed by atoms with van der Waals surface area (Å²) < 4.78 is 10.6. The Labute approximate surface area is 174 Å². The second-order valence-corrected chi connectivity index (χ2v) is 7.14. The van der Waals surface area contributed by atoms with E-state index in [0.717, 1.165) is 24.0 Å². The third-order valence-corrected chi connectivity index (χ3v) is 4.84. The minimum atomic E-state index is -0.480. The van der Waals surface area contributed by atoms with Crippen molar-refractivity contribution in [3.8, 4) is 5.75 Å². The Kier molecular flexibility index (Phi) is 7.01. The predicted molar refractivity (Wildman–Crippen MR) is 115 cm³/mol. The Morgan fingerprint density at radius 3 is 2.57 bits per heavy atom. The van der Waals surface area contributed by atoms with E-state index in [4.69, 9.17) is 32.7 Å². The van der Waals surface area contributed by atoms with Crippen LogP contribution in [0, 0.1) is 0 Å². The summed E-state index contributed by atoms with van der Waals surface area (Å²) >= 11 is 12.2. The van der Waals surface area contributed by atoms with Gasteiger partial charge in [0.25, 0.3) is 0 Å². The van der Waals surface area contributed by atoms with Crippen LogP contribution in [0.15, 0.2) is 54.6 Å². The number of hydrogen-bond acceptors (Lipinski definition) is 4. The number of esters is 1. The topological polar surface area (TPSA) is 47.6 Å². The van der Waals surface area contributed by atoms with E-state index >= 15 is 0 Å². The minimum absolute atomic E-state index is 0.326. The van der Waals surface area contributed by atoms with E-state index in [1.807, 2.05) is 24.3 Å². The number of carbonyl (C=O) groups excluding carboxylic acids is 1. The number of nitrogens with one attached hydrogen (secondary N) is 1. The molecule has 3 aromatic rings. The van der Waals surface area contributed by atoms with Crippen LogP contribution in [0.2, 0.25) is 10.0 Å². The van der Waals surface area contributed by atoms with Crippen molar-refractivity contribution in [3.63, 3.8) is 0 Å². The molecular formula is C22H21Cl2NO3. The Hall–Kier alpha value is -2.43. The van der Waals surface area contributed by atoms with Crippen LogP contribution in [0.25, 0.3) is 10.8 Å². The molecule has 0 aliphatic carbocycles. The monoisotopic (exact) mass is 417 g/mol. The van der Waals surface area contributed by atoms with E-state index in [1.165, 1.54) is 12.5 Å². The largest absolute Gasteiger partial charge is 0.494 e. The van der Waals surface area contributed by atoms with Crippen molar-refractivity contribution >= 4 is 45.6 Å². The molecule has 0 saturated carbocycles. The first-order valence-electron chi connectivity index (χ1n) is 9.01. The number of halogens is 2. The summed E-state index contributed by atoms with van der Waals surface area (Å²) in [5.41, 5.74) is 0.862. The van der Waals surface area contributed by atoms with Crippen LogP contribution in [-0.2, 0) is 4.74 Å². The fourth-order valence-corrected chi connectivity index (χ4v) is 3.47. The van der Waals surface area contributed by atoms with E-state index in [0.29, 0.717) is 34.4 Å². The van der Waals surface area contributed by atoms with Gasteiger partial charge >= 0.3 is 5.97 Å². The quantitative estimate of drug-likeness (QED) is 0.349. The zero-order chi connectivity index (χ0) is 19.9. The van der Waals surface area contributed by atoms with Gasteiger partial charge in [-0.05, 0) is 47.9 Å². The Morgan fingerprint density at radius 1 is 1.00 bits per heavy atom. The standard InChI is InChI=1S/C22H21Cl2NO3/c1-27-22(26)19-13-17(23)14-20(24)21(19)25-10-4-5-11-28-18-9-8-15-6-2-3-7-16(15)12-18/h2-3,6-9,12-14,25H,4-5,10-11H2,1H3. The lowest BCUT2D eigenvalue weighted by molar-refractivity contribution is 0.0602. The zero-order valence-corrected chi connectivity index (χ0v) is 17.0. The van der Waals surface area contributed by atoms with Crippen molar-refractivity contribution in [2.75, 3.05) is 25.6 Å². The molecule has 0 aliphatic heterocycles. The summed E-state index contributed by atoms with van der Waals surface area (Å²) in [6.45, 7) is 1.25. The Bertz CT molecular complexity index is 975. The molecule has 0 atom stereocenters. The summed E-state index contributed by atoms with van der Waals surface area (Å²) in [6, 6.07) is 17.4. The first-order chi connectivity index (χ1) is 13.6. The average Bonchev–Trinajstić information content (AvgIpc) is 2.70. The predicted octanol–water partition coefficient (Wildman–Crippen LogP) is 6.20. The highest BCUT2D eigenvalue weighted by atomic mass is 35.5. The molecule has 0 fully saturated rings. The maximum absolute atomic E-state index is 11.9. The second-order valence-electron chi connectivity index (χ2n) is 6.29. The van der Waals surface area contributed by atoms with Gasteiger partial charge in [-0.25, -0.2) is 4.79 Å². The van der Waals surface area contributed by atoms with E-state index in [2.05, 4.69) is 23.5 Å². The molecule has 0 aliphatic rings. The molecule has 3 aromatic carbocycles. The molecule has 4 nitrogen and oxygen atoms in total. The Balaban J connectivity index is 1.49. The van der Waals surface area contributed by atoms with Crippen molar-refractivity contribution in [3.05, 3.63) is 70.2 Å². The lowest BCUT2D eigenvalue weighted by Crippen LogP contribution is -2.11. The van der Waals surface area contributed by atoms with Gasteiger partial charge in [0.1, 0.15) is 5.75 Å². The summed E-state index contributed by atoms with van der Waals surface area (Å²) in [5.74, 6) is 0.381. The molecule has 0 heterocycles. The van der Waals surface area contributed by atoms with Crippen molar-refractivity contribution < 1.29 is 14.3 Å². The van der Waals surface area contributed by atoms with Crippen LogP contribution in [0.1, 0.15) is 23.2 Å². The molecule has 0 amide bonds. The molecule has 0 spiro atoms. The van der Waals surface area contributed by atoms with Gasteiger partial charge < -0.3 is 14.8 Å². The summed E-state index contributed by atoms with van der Waals surface area (Å²) in [7, 11) is 1.32. The van der Waals surface area contributed by atoms with E-state index in [-0.39, 0.29) is 0 Å². The van der Waals surface area contributed by atoms with Gasteiger partial charge in [-0.15, -0.1) is 0 Å². The molecule has 146 valence electrons. The fourth-order valence-electron chi connectivity index (χ4n) is 2.91. The number of carbonyl (C=O) groups is 1. The number of benzene rings is 3. The van der Waals surface area contributed by atoms with E-state index in [1.54, 1.807) is 12.1 Å². The van der Waals surface area contributed by atoms with Gasteiger partial charge in [0, 0.05) is 11.6 Å². The molecule has 0 bridgehead atoms. The number of unbranched alkanes of at least 4 members (excludes halogenated alkanes) is 1. The number of methoxy groups -OCH3 is 1. The normalized spacial score (nSPS) is 10.7. The van der Waals surface area contributed by atoms with Crippen molar-refractivity contribution in [2.24, 2.45) is 0 Å².